The molecular weight excluding hydrogens is 328 g/mol. The second-order valence-corrected chi connectivity index (χ2v) is 7.42. The Bertz CT molecular complexity index is 506. The zero-order valence-electron chi connectivity index (χ0n) is 12.9. The molecule has 116 valence electrons. The highest BCUT2D eigenvalue weighted by Crippen LogP contribution is 2.34. The van der Waals surface area contributed by atoms with Gasteiger partial charge in [0.05, 0.1) is 6.10 Å². The van der Waals surface area contributed by atoms with Crippen LogP contribution in [0.1, 0.15) is 37.9 Å². The highest BCUT2D eigenvalue weighted by molar-refractivity contribution is 9.10. The largest absolute Gasteiger partial charge is 0.389 e. The summed E-state index contributed by atoms with van der Waals surface area (Å²) in [6, 6.07) is 7.13. The van der Waals surface area contributed by atoms with Crippen LogP contribution in [0.5, 0.6) is 0 Å². The molecule has 21 heavy (non-hydrogen) atoms. The third-order valence-corrected chi connectivity index (χ3v) is 5.83. The van der Waals surface area contributed by atoms with E-state index in [1.165, 1.54) is 31.5 Å². The van der Waals surface area contributed by atoms with E-state index in [0.29, 0.717) is 0 Å². The van der Waals surface area contributed by atoms with E-state index in [1.807, 2.05) is 13.0 Å². The van der Waals surface area contributed by atoms with Gasteiger partial charge in [-0.3, -0.25) is 0 Å². The number of halogens is 1. The van der Waals surface area contributed by atoms with E-state index >= 15 is 0 Å². The molecule has 2 unspecified atom stereocenters. The number of likely N-dealkylation sites (tertiary alicyclic amines) is 1. The summed E-state index contributed by atoms with van der Waals surface area (Å²) in [6.07, 6.45) is 3.53. The van der Waals surface area contributed by atoms with Crippen LogP contribution in [0.3, 0.4) is 0 Å². The van der Waals surface area contributed by atoms with Crippen molar-refractivity contribution < 1.29 is 5.11 Å². The third kappa shape index (κ3) is 3.13. The van der Waals surface area contributed by atoms with E-state index in [2.05, 4.69) is 44.9 Å². The van der Waals surface area contributed by atoms with E-state index < -0.39 is 6.10 Å². The number of anilines is 1. The minimum Gasteiger partial charge on any atom is -0.389 e. The first-order chi connectivity index (χ1) is 10.1. The summed E-state index contributed by atoms with van der Waals surface area (Å²) in [5.41, 5.74) is 2.24. The van der Waals surface area contributed by atoms with Gasteiger partial charge in [0, 0.05) is 29.3 Å². The molecule has 2 fully saturated rings. The Morgan fingerprint density at radius 2 is 2.10 bits per heavy atom. The quantitative estimate of drug-likeness (QED) is 0.883. The number of aliphatic hydroxyl groups excluding tert-OH is 1. The number of fused-ring (bicyclic) bond motifs is 1. The normalized spacial score (nSPS) is 28.3. The monoisotopic (exact) mass is 352 g/mol. The molecule has 1 aromatic carbocycles. The van der Waals surface area contributed by atoms with Crippen molar-refractivity contribution in [3.63, 3.8) is 0 Å². The molecule has 2 aliphatic rings. The maximum atomic E-state index is 9.74. The average molecular weight is 353 g/mol. The molecule has 0 radical (unpaired) electrons. The summed E-state index contributed by atoms with van der Waals surface area (Å²) in [4.78, 5) is 5.06. The van der Waals surface area contributed by atoms with Crippen LogP contribution in [-0.4, -0.2) is 42.7 Å². The van der Waals surface area contributed by atoms with Crippen LogP contribution >= 0.6 is 15.9 Å². The molecule has 3 rings (SSSR count). The Hall–Kier alpha value is -0.580. The minimum absolute atomic E-state index is 0.425. The maximum absolute atomic E-state index is 9.74. The molecule has 3 nitrogen and oxygen atoms in total. The lowest BCUT2D eigenvalue weighted by atomic mass is 9.84. The second kappa shape index (κ2) is 6.27. The van der Waals surface area contributed by atoms with Crippen LogP contribution in [0.25, 0.3) is 0 Å². The number of nitrogens with zero attached hydrogens (tertiary/aromatic N) is 2. The number of hydrogen-bond acceptors (Lipinski definition) is 3. The fourth-order valence-corrected chi connectivity index (χ4v) is 4.64. The van der Waals surface area contributed by atoms with E-state index in [1.54, 1.807) is 0 Å². The van der Waals surface area contributed by atoms with Crippen LogP contribution < -0.4 is 4.90 Å². The van der Waals surface area contributed by atoms with Crippen molar-refractivity contribution >= 4 is 21.6 Å². The minimum atomic E-state index is -0.425. The van der Waals surface area contributed by atoms with Gasteiger partial charge >= 0.3 is 0 Å². The molecule has 4 heteroatoms. The Labute approximate surface area is 136 Å². The molecule has 0 bridgehead atoms. The Morgan fingerprint density at radius 3 is 2.81 bits per heavy atom. The molecule has 2 saturated heterocycles. The molecule has 1 aromatic rings. The van der Waals surface area contributed by atoms with Crippen LogP contribution in [0.4, 0.5) is 5.69 Å². The van der Waals surface area contributed by atoms with Gasteiger partial charge < -0.3 is 14.9 Å². The molecular formula is C17H25BrN2O. The van der Waals surface area contributed by atoms with Crippen molar-refractivity contribution in [3.8, 4) is 0 Å². The predicted molar refractivity (Wildman–Crippen MR) is 90.7 cm³/mol. The number of rotatable bonds is 2. The fraction of sp³-hybridized carbons (Fsp3) is 0.647. The number of hydrogen-bond donors (Lipinski definition) is 1. The molecule has 0 aromatic heterocycles. The lowest BCUT2D eigenvalue weighted by molar-refractivity contribution is 0.102. The van der Waals surface area contributed by atoms with E-state index in [9.17, 15) is 5.11 Å². The molecule has 0 amide bonds. The van der Waals surface area contributed by atoms with Crippen LogP contribution in [-0.2, 0) is 0 Å². The van der Waals surface area contributed by atoms with E-state index in [4.69, 9.17) is 0 Å². The van der Waals surface area contributed by atoms with E-state index in [-0.39, 0.29) is 0 Å². The zero-order valence-corrected chi connectivity index (χ0v) is 14.5. The molecule has 2 aliphatic heterocycles. The lowest BCUT2D eigenvalue weighted by Crippen LogP contribution is -2.52. The predicted octanol–water partition coefficient (Wildman–Crippen LogP) is 3.42. The Morgan fingerprint density at radius 1 is 1.29 bits per heavy atom. The van der Waals surface area contributed by atoms with Crippen molar-refractivity contribution in [2.24, 2.45) is 5.92 Å². The van der Waals surface area contributed by atoms with Gasteiger partial charge in [-0.1, -0.05) is 22.0 Å². The van der Waals surface area contributed by atoms with Gasteiger partial charge in [-0.2, -0.15) is 0 Å². The van der Waals surface area contributed by atoms with Gasteiger partial charge in [0.2, 0.25) is 0 Å². The molecule has 0 aliphatic carbocycles. The van der Waals surface area contributed by atoms with E-state index in [0.717, 1.165) is 35.1 Å². The van der Waals surface area contributed by atoms with Gasteiger partial charge in [-0.25, -0.2) is 0 Å². The zero-order chi connectivity index (χ0) is 15.0. The van der Waals surface area contributed by atoms with Gasteiger partial charge in [0.25, 0.3) is 0 Å². The van der Waals surface area contributed by atoms with Crippen molar-refractivity contribution in [2.45, 2.75) is 38.3 Å². The first-order valence-corrected chi connectivity index (χ1v) is 8.78. The van der Waals surface area contributed by atoms with Crippen molar-refractivity contribution in [1.29, 1.82) is 0 Å². The second-order valence-electron chi connectivity index (χ2n) is 6.57. The lowest BCUT2D eigenvalue weighted by Gasteiger charge is -2.46. The smallest absolute Gasteiger partial charge is 0.0772 e. The summed E-state index contributed by atoms with van der Waals surface area (Å²) in [7, 11) is 2.28. The summed E-state index contributed by atoms with van der Waals surface area (Å²) in [5, 5.41) is 9.74. The summed E-state index contributed by atoms with van der Waals surface area (Å²) >= 11 is 3.60. The average Bonchev–Trinajstić information content (AvgIpc) is 2.46. The van der Waals surface area contributed by atoms with Gasteiger partial charge in [0.1, 0.15) is 0 Å². The van der Waals surface area contributed by atoms with Crippen LogP contribution in [0, 0.1) is 5.92 Å². The SMILES string of the molecule is C[C@H](O)c1ccc(N2CCC3C(CCCN3C)C2)cc1Br. The highest BCUT2D eigenvalue weighted by atomic mass is 79.9. The number of benzene rings is 1. The van der Waals surface area contributed by atoms with Crippen molar-refractivity contribution in [3.05, 3.63) is 28.2 Å². The number of aliphatic hydroxyl groups is 1. The van der Waals surface area contributed by atoms with Crippen molar-refractivity contribution in [2.75, 3.05) is 31.6 Å². The summed E-state index contributed by atoms with van der Waals surface area (Å²) < 4.78 is 1.01. The molecule has 1 N–H and O–H groups in total. The van der Waals surface area contributed by atoms with Gasteiger partial charge in [0.15, 0.2) is 0 Å². The first-order valence-electron chi connectivity index (χ1n) is 7.99. The summed E-state index contributed by atoms with van der Waals surface area (Å²) in [5.74, 6) is 0.799. The topological polar surface area (TPSA) is 26.7 Å². The Kier molecular flexibility index (Phi) is 4.57. The molecule has 3 atom stereocenters. The van der Waals surface area contributed by atoms with Crippen LogP contribution in [0.15, 0.2) is 22.7 Å². The van der Waals surface area contributed by atoms with Gasteiger partial charge in [-0.05, 0) is 63.4 Å². The summed E-state index contributed by atoms with van der Waals surface area (Å²) in [6.45, 7) is 5.36. The molecule has 0 spiro atoms. The fourth-order valence-electron chi connectivity index (χ4n) is 3.94. The third-order valence-electron chi connectivity index (χ3n) is 5.14. The maximum Gasteiger partial charge on any atom is 0.0772 e. The first kappa shape index (κ1) is 15.3. The number of piperidine rings is 2. The standard InChI is InChI=1S/C17H25BrN2O/c1-12(21)15-6-5-14(10-16(15)18)20-9-7-17-13(11-20)4-3-8-19(17)2/h5-6,10,12-13,17,21H,3-4,7-9,11H2,1-2H3/t12-,13?,17?/m0/s1. The molecule has 2 heterocycles. The van der Waals surface area contributed by atoms with Gasteiger partial charge in [-0.15, -0.1) is 0 Å². The molecule has 0 saturated carbocycles. The van der Waals surface area contributed by atoms with Crippen LogP contribution in [0.2, 0.25) is 0 Å². The highest BCUT2D eigenvalue weighted by Gasteiger charge is 2.34. The Balaban J connectivity index is 1.75. The van der Waals surface area contributed by atoms with Crippen molar-refractivity contribution in [1.82, 2.24) is 4.90 Å².